The standard InChI is InChI=1S/C44H38N4O6S5/c49-39(50)25-47-41(53)37(58-43(47)55)23-27-15-17-32-30(21-27)29-11-5-6-12-31(29)45(32)19-9-3-1-2-4-10-20-46-33-13-7-8-14-35(33)57-36-22-28(16-18-34(36)46)24-38-42(54)48(26-40(51)52)44(56)59-38/h5-8,11-18,21-24H,1-4,9-10,19-20,25-26H2,(H,49,50)(H,51,52)/b37-23+,38-24+. The number of fused-ring (bicyclic) bond motifs is 5. The zero-order valence-corrected chi connectivity index (χ0v) is 35.7. The van der Waals surface area contributed by atoms with Gasteiger partial charge in [0.25, 0.3) is 11.8 Å². The van der Waals surface area contributed by atoms with Crippen molar-refractivity contribution in [3.05, 3.63) is 106 Å². The summed E-state index contributed by atoms with van der Waals surface area (Å²) >= 11 is 14.5. The van der Waals surface area contributed by atoms with Crippen molar-refractivity contribution in [2.24, 2.45) is 0 Å². The number of anilines is 2. The number of aromatic nitrogens is 1. The molecule has 0 spiro atoms. The molecule has 2 saturated heterocycles. The number of unbranched alkanes of at least 4 members (excludes halogenated alkanes) is 5. The minimum absolute atomic E-state index is 0.254. The van der Waals surface area contributed by atoms with Crippen molar-refractivity contribution < 1.29 is 29.4 Å². The Hall–Kier alpha value is -4.93. The number of thioether (sulfide) groups is 2. The summed E-state index contributed by atoms with van der Waals surface area (Å²) in [5.41, 5.74) is 6.38. The molecule has 59 heavy (non-hydrogen) atoms. The number of carboxylic acid groups (broad SMARTS) is 2. The molecule has 2 fully saturated rings. The molecule has 3 aliphatic rings. The molecule has 15 heteroatoms. The third kappa shape index (κ3) is 8.71. The second-order valence-electron chi connectivity index (χ2n) is 14.3. The van der Waals surface area contributed by atoms with Crippen molar-refractivity contribution in [1.29, 1.82) is 0 Å². The highest BCUT2D eigenvalue weighted by Gasteiger charge is 2.34. The van der Waals surface area contributed by atoms with Gasteiger partial charge in [-0.05, 0) is 78.6 Å². The number of carbonyl (C=O) groups is 4. The Balaban J connectivity index is 0.869. The van der Waals surface area contributed by atoms with Gasteiger partial charge in [0, 0.05) is 44.7 Å². The zero-order chi connectivity index (χ0) is 41.2. The largest absolute Gasteiger partial charge is 0.480 e. The summed E-state index contributed by atoms with van der Waals surface area (Å²) in [6, 6.07) is 29.2. The summed E-state index contributed by atoms with van der Waals surface area (Å²) in [4.78, 5) is 56.0. The van der Waals surface area contributed by atoms with Gasteiger partial charge in [0.1, 0.15) is 21.7 Å². The maximum absolute atomic E-state index is 12.9. The normalized spacial score (nSPS) is 16.6. The number of carbonyl (C=O) groups excluding carboxylic acids is 2. The first-order valence-electron chi connectivity index (χ1n) is 19.2. The van der Waals surface area contributed by atoms with Gasteiger partial charge in [-0.3, -0.25) is 29.0 Å². The van der Waals surface area contributed by atoms with E-state index < -0.39 is 25.0 Å². The molecule has 0 radical (unpaired) electrons. The highest BCUT2D eigenvalue weighted by molar-refractivity contribution is 8.27. The van der Waals surface area contributed by atoms with Crippen LogP contribution in [0.3, 0.4) is 0 Å². The molecule has 4 heterocycles. The molecule has 8 rings (SSSR count). The van der Waals surface area contributed by atoms with Crippen LogP contribution in [-0.4, -0.2) is 76.6 Å². The molecule has 2 amide bonds. The lowest BCUT2D eigenvalue weighted by atomic mass is 10.1. The fraction of sp³-hybridized carbons (Fsp3) is 0.227. The van der Waals surface area contributed by atoms with Crippen LogP contribution in [0.1, 0.15) is 49.7 Å². The van der Waals surface area contributed by atoms with Crippen LogP contribution in [0.15, 0.2) is 105 Å². The minimum atomic E-state index is -1.10. The quantitative estimate of drug-likeness (QED) is 0.0591. The van der Waals surface area contributed by atoms with E-state index in [0.717, 1.165) is 123 Å². The van der Waals surface area contributed by atoms with E-state index in [-0.39, 0.29) is 20.5 Å². The SMILES string of the molecule is O=C(O)CN1C(=O)/C(=C\c2ccc3c(c2)Sc2ccccc2N3CCCCCCCCn2c3ccccc3c3cc(/C=C4/SC(=S)N(CC(=O)O)C4=O)ccc32)SC1=S. The van der Waals surface area contributed by atoms with Crippen LogP contribution in [0.25, 0.3) is 34.0 Å². The van der Waals surface area contributed by atoms with E-state index in [1.54, 1.807) is 23.9 Å². The highest BCUT2D eigenvalue weighted by Crippen LogP contribution is 2.49. The summed E-state index contributed by atoms with van der Waals surface area (Å²) in [5, 5.41) is 20.6. The second-order valence-corrected chi connectivity index (χ2v) is 18.8. The summed E-state index contributed by atoms with van der Waals surface area (Å²) < 4.78 is 2.90. The number of hydrogen-bond acceptors (Lipinski definition) is 10. The number of hydrogen-bond donors (Lipinski definition) is 2. The van der Waals surface area contributed by atoms with E-state index >= 15 is 0 Å². The maximum Gasteiger partial charge on any atom is 0.323 e. The van der Waals surface area contributed by atoms with Crippen molar-refractivity contribution in [3.63, 3.8) is 0 Å². The van der Waals surface area contributed by atoms with Crippen LogP contribution in [0.2, 0.25) is 0 Å². The van der Waals surface area contributed by atoms with Gasteiger partial charge < -0.3 is 19.7 Å². The lowest BCUT2D eigenvalue weighted by molar-refractivity contribution is -0.140. The Morgan fingerprint density at radius 1 is 0.559 bits per heavy atom. The van der Waals surface area contributed by atoms with E-state index in [1.165, 1.54) is 16.1 Å². The van der Waals surface area contributed by atoms with Crippen LogP contribution in [-0.2, 0) is 25.7 Å². The van der Waals surface area contributed by atoms with Gasteiger partial charge in [-0.2, -0.15) is 0 Å². The molecule has 4 aromatic carbocycles. The van der Waals surface area contributed by atoms with E-state index in [0.29, 0.717) is 9.81 Å². The number of thiocarbonyl (C=S) groups is 2. The Labute approximate surface area is 364 Å². The van der Waals surface area contributed by atoms with Gasteiger partial charge in [0.15, 0.2) is 0 Å². The van der Waals surface area contributed by atoms with Crippen molar-refractivity contribution in [2.45, 2.75) is 54.9 Å². The van der Waals surface area contributed by atoms with Gasteiger partial charge in [-0.1, -0.05) is 128 Å². The lowest BCUT2D eigenvalue weighted by Gasteiger charge is -2.33. The number of rotatable bonds is 15. The molecule has 5 aromatic rings. The Morgan fingerprint density at radius 2 is 1.10 bits per heavy atom. The van der Waals surface area contributed by atoms with Gasteiger partial charge >= 0.3 is 11.9 Å². The molecule has 0 atom stereocenters. The Kier molecular flexibility index (Phi) is 12.3. The average Bonchev–Trinajstić information content (AvgIpc) is 3.77. The first-order valence-corrected chi connectivity index (χ1v) is 22.5. The summed E-state index contributed by atoms with van der Waals surface area (Å²) in [6.45, 7) is 0.897. The highest BCUT2D eigenvalue weighted by atomic mass is 32.2. The molecule has 0 saturated carbocycles. The summed E-state index contributed by atoms with van der Waals surface area (Å²) in [7, 11) is 0. The van der Waals surface area contributed by atoms with Crippen LogP contribution in [0.5, 0.6) is 0 Å². The van der Waals surface area contributed by atoms with E-state index in [9.17, 15) is 29.4 Å². The topological polar surface area (TPSA) is 123 Å². The van der Waals surface area contributed by atoms with E-state index in [4.69, 9.17) is 24.4 Å². The van der Waals surface area contributed by atoms with Gasteiger partial charge in [-0.25, -0.2) is 0 Å². The Bertz CT molecular complexity index is 2640. The first kappa shape index (κ1) is 40.8. The third-order valence-corrected chi connectivity index (χ3v) is 14.3. The third-order valence-electron chi connectivity index (χ3n) is 10.4. The van der Waals surface area contributed by atoms with Crippen LogP contribution in [0, 0.1) is 0 Å². The van der Waals surface area contributed by atoms with Gasteiger partial charge in [-0.15, -0.1) is 0 Å². The molecule has 0 unspecified atom stereocenters. The van der Waals surface area contributed by atoms with E-state index in [2.05, 4.69) is 76.2 Å². The molecular weight excluding hydrogens is 841 g/mol. The fourth-order valence-electron chi connectivity index (χ4n) is 7.68. The van der Waals surface area contributed by atoms with Gasteiger partial charge in [0.2, 0.25) is 0 Å². The second kappa shape index (κ2) is 17.7. The smallest absolute Gasteiger partial charge is 0.323 e. The van der Waals surface area contributed by atoms with Crippen LogP contribution in [0.4, 0.5) is 11.4 Å². The summed E-state index contributed by atoms with van der Waals surface area (Å²) in [6.07, 6.45) is 10.2. The maximum atomic E-state index is 12.9. The molecule has 0 bridgehead atoms. The fourth-order valence-corrected chi connectivity index (χ4v) is 11.3. The van der Waals surface area contributed by atoms with Crippen molar-refractivity contribution in [3.8, 4) is 0 Å². The number of para-hydroxylation sites is 2. The van der Waals surface area contributed by atoms with Crippen LogP contribution >= 0.6 is 59.7 Å². The number of aryl methyl sites for hydroxylation is 1. The number of aliphatic carboxylic acids is 2. The molecule has 300 valence electrons. The monoisotopic (exact) mass is 878 g/mol. The predicted octanol–water partition coefficient (Wildman–Crippen LogP) is 10.0. The number of carboxylic acids is 2. The molecular formula is C44H38N4O6S5. The molecule has 2 N–H and O–H groups in total. The van der Waals surface area contributed by atoms with Gasteiger partial charge in [0.05, 0.1) is 21.2 Å². The summed E-state index contributed by atoms with van der Waals surface area (Å²) in [5.74, 6) is -2.96. The number of nitrogens with zero attached hydrogens (tertiary/aromatic N) is 4. The van der Waals surface area contributed by atoms with Crippen molar-refractivity contribution >= 4 is 137 Å². The predicted molar refractivity (Wildman–Crippen MR) is 246 cm³/mol. The first-order chi connectivity index (χ1) is 28.5. The lowest BCUT2D eigenvalue weighted by Crippen LogP contribution is -2.33. The van der Waals surface area contributed by atoms with Crippen molar-refractivity contribution in [1.82, 2.24) is 14.4 Å². The molecule has 3 aliphatic heterocycles. The zero-order valence-electron chi connectivity index (χ0n) is 31.7. The molecule has 0 aliphatic carbocycles. The number of benzene rings is 4. The molecule has 1 aromatic heterocycles. The Morgan fingerprint density at radius 3 is 1.78 bits per heavy atom. The van der Waals surface area contributed by atoms with Crippen molar-refractivity contribution in [2.75, 3.05) is 24.5 Å². The van der Waals surface area contributed by atoms with E-state index in [1.807, 2.05) is 18.2 Å². The minimum Gasteiger partial charge on any atom is -0.480 e. The molecule has 10 nitrogen and oxygen atoms in total. The van der Waals surface area contributed by atoms with Crippen LogP contribution < -0.4 is 4.90 Å². The average molecular weight is 879 g/mol. The number of amides is 2.